The molecule has 0 atom stereocenters. The molecule has 3 aromatic heterocycles. The Labute approximate surface area is 214 Å². The van der Waals surface area contributed by atoms with Crippen LogP contribution in [-0.2, 0) is 14.3 Å². The largest absolute Gasteiger partial charge is 0.467 e. The quantitative estimate of drug-likeness (QED) is 0.305. The summed E-state index contributed by atoms with van der Waals surface area (Å²) < 4.78 is 12.1. The lowest BCUT2D eigenvalue weighted by Crippen LogP contribution is -2.44. The molecule has 0 unspecified atom stereocenters. The molecule has 0 saturated heterocycles. The van der Waals surface area contributed by atoms with Crippen LogP contribution in [0, 0.1) is 0 Å². The number of hydrogen-bond acceptors (Lipinski definition) is 8. The second-order valence-electron chi connectivity index (χ2n) is 9.37. The highest BCUT2D eigenvalue weighted by Crippen LogP contribution is 2.42. The van der Waals surface area contributed by atoms with E-state index in [0.29, 0.717) is 42.6 Å². The number of fused-ring (bicyclic) bond motifs is 1. The third-order valence-corrected chi connectivity index (χ3v) is 7.33. The number of Topliss-reactive ketones (excluding diaryl/α,β-unsaturated/α-hetero) is 1. The van der Waals surface area contributed by atoms with Crippen molar-refractivity contribution >= 4 is 23.2 Å². The Balaban J connectivity index is 1.54. The first-order chi connectivity index (χ1) is 17.9. The van der Waals surface area contributed by atoms with E-state index in [1.165, 1.54) is 25.7 Å². The molecule has 3 heterocycles. The van der Waals surface area contributed by atoms with E-state index in [1.807, 2.05) is 42.5 Å². The molecule has 0 radical (unpaired) electrons. The lowest BCUT2D eigenvalue weighted by atomic mass is 9.76. The van der Waals surface area contributed by atoms with Crippen molar-refractivity contribution in [2.45, 2.75) is 44.1 Å². The van der Waals surface area contributed by atoms with Gasteiger partial charge in [-0.2, -0.15) is 9.61 Å². The predicted molar refractivity (Wildman–Crippen MR) is 139 cm³/mol. The highest BCUT2D eigenvalue weighted by atomic mass is 16.6. The van der Waals surface area contributed by atoms with Crippen molar-refractivity contribution in [3.05, 3.63) is 66.1 Å². The highest BCUT2D eigenvalue weighted by Gasteiger charge is 2.44. The third kappa shape index (κ3) is 4.25. The summed E-state index contributed by atoms with van der Waals surface area (Å²) in [5.74, 6) is -0.373. The Kier molecular flexibility index (Phi) is 6.47. The Hall–Kier alpha value is -4.11. The van der Waals surface area contributed by atoms with Gasteiger partial charge >= 0.3 is 5.97 Å². The van der Waals surface area contributed by atoms with Gasteiger partial charge in [0, 0.05) is 35.9 Å². The van der Waals surface area contributed by atoms with Gasteiger partial charge in [0.25, 0.3) is 0 Å². The molecule has 1 fully saturated rings. The molecule has 5 rings (SSSR count). The number of esters is 1. The maximum absolute atomic E-state index is 12.7. The van der Waals surface area contributed by atoms with Crippen LogP contribution in [0.25, 0.3) is 28.0 Å². The summed E-state index contributed by atoms with van der Waals surface area (Å²) in [5.41, 5.74) is 10.6. The van der Waals surface area contributed by atoms with Crippen LogP contribution in [0.2, 0.25) is 0 Å². The molecule has 0 amide bonds. The topological polar surface area (TPSA) is 122 Å². The van der Waals surface area contributed by atoms with Crippen LogP contribution in [0.1, 0.15) is 54.6 Å². The van der Waals surface area contributed by atoms with Crippen LogP contribution in [-0.4, -0.2) is 51.2 Å². The summed E-state index contributed by atoms with van der Waals surface area (Å²) in [4.78, 5) is 34.7. The van der Waals surface area contributed by atoms with Crippen molar-refractivity contribution in [1.82, 2.24) is 19.6 Å². The number of nitrogens with two attached hydrogens (primary N) is 1. The molecule has 0 spiro atoms. The van der Waals surface area contributed by atoms with E-state index in [4.69, 9.17) is 20.2 Å². The molecule has 1 saturated carbocycles. The molecule has 37 heavy (non-hydrogen) atoms. The van der Waals surface area contributed by atoms with Gasteiger partial charge in [-0.1, -0.05) is 36.4 Å². The number of carbonyl (C=O) groups excluding carboxylic acids is 2. The van der Waals surface area contributed by atoms with E-state index >= 15 is 0 Å². The normalized spacial score (nSPS) is 19.6. The Morgan fingerprint density at radius 2 is 1.76 bits per heavy atom. The predicted octanol–water partition coefficient (Wildman–Crippen LogP) is 4.46. The minimum absolute atomic E-state index is 0.0690. The van der Waals surface area contributed by atoms with E-state index in [2.05, 4.69) is 10.1 Å². The van der Waals surface area contributed by atoms with E-state index in [9.17, 15) is 9.59 Å². The fourth-order valence-corrected chi connectivity index (χ4v) is 5.26. The maximum Gasteiger partial charge on any atom is 0.338 e. The summed E-state index contributed by atoms with van der Waals surface area (Å²) in [5, 5.41) is 4.44. The van der Waals surface area contributed by atoms with Crippen LogP contribution in [0.3, 0.4) is 0 Å². The van der Waals surface area contributed by atoms with Gasteiger partial charge < -0.3 is 15.2 Å². The molecule has 0 aliphatic heterocycles. The smallest absolute Gasteiger partial charge is 0.338 e. The SMILES string of the molecule is COC(=O)C1(OC)CCC(c2nc3c(-c4ccc(-c5ccccc5)nc4)cnn3c(N)c2C(C)=O)CC1. The fraction of sp³-hybridized carbons (Fsp3) is 0.321. The summed E-state index contributed by atoms with van der Waals surface area (Å²) in [6.45, 7) is 1.48. The van der Waals surface area contributed by atoms with E-state index in [0.717, 1.165) is 22.4 Å². The van der Waals surface area contributed by atoms with Crippen LogP contribution >= 0.6 is 0 Å². The summed E-state index contributed by atoms with van der Waals surface area (Å²) in [6, 6.07) is 13.9. The summed E-state index contributed by atoms with van der Waals surface area (Å²) in [7, 11) is 2.89. The van der Waals surface area contributed by atoms with E-state index < -0.39 is 5.60 Å². The fourth-order valence-electron chi connectivity index (χ4n) is 5.26. The minimum atomic E-state index is -0.981. The van der Waals surface area contributed by atoms with Crippen LogP contribution < -0.4 is 5.73 Å². The van der Waals surface area contributed by atoms with Gasteiger partial charge in [-0.3, -0.25) is 9.78 Å². The number of rotatable bonds is 6. The van der Waals surface area contributed by atoms with Gasteiger partial charge in [0.05, 0.1) is 30.3 Å². The number of ketones is 1. The molecule has 1 aliphatic rings. The molecule has 0 bridgehead atoms. The molecular weight excluding hydrogens is 470 g/mol. The van der Waals surface area contributed by atoms with Crippen LogP contribution in [0.5, 0.6) is 0 Å². The second kappa shape index (κ2) is 9.74. The minimum Gasteiger partial charge on any atom is -0.467 e. The van der Waals surface area contributed by atoms with Gasteiger partial charge in [0.15, 0.2) is 17.0 Å². The van der Waals surface area contributed by atoms with Gasteiger partial charge in [-0.05, 0) is 38.7 Å². The number of methoxy groups -OCH3 is 2. The number of nitrogens with zero attached hydrogens (tertiary/aromatic N) is 4. The van der Waals surface area contributed by atoms with Gasteiger partial charge in [-0.25, -0.2) is 9.78 Å². The average molecular weight is 500 g/mol. The first-order valence-electron chi connectivity index (χ1n) is 12.2. The zero-order valence-electron chi connectivity index (χ0n) is 21.1. The number of pyridine rings is 1. The van der Waals surface area contributed by atoms with E-state index in [-0.39, 0.29) is 23.5 Å². The molecule has 1 aromatic carbocycles. The zero-order chi connectivity index (χ0) is 26.2. The molecule has 1 aliphatic carbocycles. The lowest BCUT2D eigenvalue weighted by molar-refractivity contribution is -0.170. The summed E-state index contributed by atoms with van der Waals surface area (Å²) in [6.07, 6.45) is 5.61. The van der Waals surface area contributed by atoms with Gasteiger partial charge in [0.2, 0.25) is 0 Å². The number of ether oxygens (including phenoxy) is 2. The zero-order valence-corrected chi connectivity index (χ0v) is 21.1. The van der Waals surface area contributed by atoms with Crippen molar-refractivity contribution in [3.63, 3.8) is 0 Å². The van der Waals surface area contributed by atoms with Crippen molar-refractivity contribution in [2.75, 3.05) is 20.0 Å². The first kappa shape index (κ1) is 24.6. The third-order valence-electron chi connectivity index (χ3n) is 7.33. The summed E-state index contributed by atoms with van der Waals surface area (Å²) >= 11 is 0. The van der Waals surface area contributed by atoms with Crippen molar-refractivity contribution in [1.29, 1.82) is 0 Å². The van der Waals surface area contributed by atoms with Gasteiger partial charge in [-0.15, -0.1) is 0 Å². The van der Waals surface area contributed by atoms with Crippen molar-refractivity contribution in [2.24, 2.45) is 0 Å². The van der Waals surface area contributed by atoms with Crippen LogP contribution in [0.4, 0.5) is 5.82 Å². The maximum atomic E-state index is 12.7. The Bertz CT molecular complexity index is 1460. The highest BCUT2D eigenvalue weighted by molar-refractivity contribution is 6.00. The van der Waals surface area contributed by atoms with Crippen molar-refractivity contribution in [3.8, 4) is 22.4 Å². The molecule has 4 aromatic rings. The Morgan fingerprint density at radius 3 is 2.35 bits per heavy atom. The Morgan fingerprint density at radius 1 is 1.03 bits per heavy atom. The first-order valence-corrected chi connectivity index (χ1v) is 12.2. The number of benzene rings is 1. The number of hydrogen-bond donors (Lipinski definition) is 1. The number of nitrogen functional groups attached to an aromatic ring is 1. The monoisotopic (exact) mass is 499 g/mol. The molecule has 190 valence electrons. The average Bonchev–Trinajstić information content (AvgIpc) is 3.37. The molecule has 2 N–H and O–H groups in total. The molecular formula is C28H29N5O4. The van der Waals surface area contributed by atoms with Gasteiger partial charge in [0.1, 0.15) is 5.82 Å². The standard InChI is InChI=1S/C28H29N5O4/c1-17(34)23-24(19-11-13-28(37-3,14-12-19)27(35)36-2)32-26-21(16-31-33(26)25(23)29)20-9-10-22(30-15-20)18-7-5-4-6-8-18/h4-10,15-16,19H,11-14,29H2,1-3H3. The molecule has 9 heteroatoms. The number of carbonyl (C=O) groups is 2. The molecule has 9 nitrogen and oxygen atoms in total. The van der Waals surface area contributed by atoms with Crippen LogP contribution in [0.15, 0.2) is 54.9 Å². The number of anilines is 1. The van der Waals surface area contributed by atoms with Crippen molar-refractivity contribution < 1.29 is 19.1 Å². The lowest BCUT2D eigenvalue weighted by Gasteiger charge is -2.36. The number of aromatic nitrogens is 4. The van der Waals surface area contributed by atoms with E-state index in [1.54, 1.807) is 12.4 Å². The second-order valence-corrected chi connectivity index (χ2v) is 9.37.